The van der Waals surface area contributed by atoms with E-state index in [0.29, 0.717) is 12.5 Å². The van der Waals surface area contributed by atoms with Crippen LogP contribution in [0.25, 0.3) is 0 Å². The van der Waals surface area contributed by atoms with Crippen molar-refractivity contribution in [3.8, 4) is 0 Å². The molecule has 4 heteroatoms. The van der Waals surface area contributed by atoms with E-state index in [4.69, 9.17) is 4.84 Å². The van der Waals surface area contributed by atoms with Crippen LogP contribution in [-0.4, -0.2) is 25.6 Å². The van der Waals surface area contributed by atoms with Gasteiger partial charge in [-0.05, 0) is 31.7 Å². The van der Waals surface area contributed by atoms with Gasteiger partial charge in [0.15, 0.2) is 0 Å². The standard InChI is InChI=1S/C12H22N2O2/c15-12(11-4-2-1-3-5-11)14-16-9-10-6-7-13-8-10/h10-11,13H,1-9H2,(H,14,15). The lowest BCUT2D eigenvalue weighted by Crippen LogP contribution is -2.33. The highest BCUT2D eigenvalue weighted by molar-refractivity contribution is 5.77. The van der Waals surface area contributed by atoms with Crippen molar-refractivity contribution in [3.63, 3.8) is 0 Å². The Hall–Kier alpha value is -0.610. The monoisotopic (exact) mass is 226 g/mol. The number of hydrogen-bond donors (Lipinski definition) is 2. The first-order chi connectivity index (χ1) is 7.86. The second-order valence-corrected chi connectivity index (χ2v) is 4.97. The fourth-order valence-electron chi connectivity index (χ4n) is 2.54. The van der Waals surface area contributed by atoms with Gasteiger partial charge in [0.05, 0.1) is 6.61 Å². The molecule has 2 N–H and O–H groups in total. The van der Waals surface area contributed by atoms with Crippen molar-refractivity contribution in [1.29, 1.82) is 0 Å². The van der Waals surface area contributed by atoms with Gasteiger partial charge in [-0.2, -0.15) is 0 Å². The molecule has 16 heavy (non-hydrogen) atoms. The largest absolute Gasteiger partial charge is 0.316 e. The average molecular weight is 226 g/mol. The molecule has 92 valence electrons. The van der Waals surface area contributed by atoms with Gasteiger partial charge >= 0.3 is 0 Å². The summed E-state index contributed by atoms with van der Waals surface area (Å²) in [6, 6.07) is 0. The molecule has 1 heterocycles. The smallest absolute Gasteiger partial charge is 0.246 e. The van der Waals surface area contributed by atoms with Crippen LogP contribution >= 0.6 is 0 Å². The van der Waals surface area contributed by atoms with E-state index in [1.165, 1.54) is 19.3 Å². The van der Waals surface area contributed by atoms with Gasteiger partial charge in [-0.25, -0.2) is 5.48 Å². The summed E-state index contributed by atoms with van der Waals surface area (Å²) in [5.41, 5.74) is 2.61. The van der Waals surface area contributed by atoms with Crippen molar-refractivity contribution in [2.45, 2.75) is 38.5 Å². The lowest BCUT2D eigenvalue weighted by Gasteiger charge is -2.20. The number of carbonyl (C=O) groups is 1. The summed E-state index contributed by atoms with van der Waals surface area (Å²) in [4.78, 5) is 17.0. The third-order valence-electron chi connectivity index (χ3n) is 3.63. The number of hydroxylamine groups is 1. The zero-order chi connectivity index (χ0) is 11.2. The van der Waals surface area contributed by atoms with E-state index in [9.17, 15) is 4.79 Å². The number of rotatable bonds is 4. The molecular weight excluding hydrogens is 204 g/mol. The van der Waals surface area contributed by atoms with Crippen LogP contribution in [0, 0.1) is 11.8 Å². The van der Waals surface area contributed by atoms with E-state index in [2.05, 4.69) is 10.8 Å². The van der Waals surface area contributed by atoms with Gasteiger partial charge in [0, 0.05) is 12.5 Å². The summed E-state index contributed by atoms with van der Waals surface area (Å²) in [5.74, 6) is 0.841. The van der Waals surface area contributed by atoms with Crippen LogP contribution in [0.1, 0.15) is 38.5 Å². The molecule has 0 aromatic carbocycles. The maximum atomic E-state index is 11.7. The third kappa shape index (κ3) is 3.46. The summed E-state index contributed by atoms with van der Waals surface area (Å²) >= 11 is 0. The van der Waals surface area contributed by atoms with E-state index < -0.39 is 0 Å². The van der Waals surface area contributed by atoms with Crippen molar-refractivity contribution < 1.29 is 9.63 Å². The lowest BCUT2D eigenvalue weighted by molar-refractivity contribution is -0.139. The molecular formula is C12H22N2O2. The molecule has 1 amide bonds. The van der Waals surface area contributed by atoms with Crippen LogP contribution in [0.4, 0.5) is 0 Å². The molecule has 4 nitrogen and oxygen atoms in total. The van der Waals surface area contributed by atoms with Crippen LogP contribution in [0.5, 0.6) is 0 Å². The molecule has 0 aromatic rings. The number of carbonyl (C=O) groups excluding carboxylic acids is 1. The van der Waals surface area contributed by atoms with Crippen LogP contribution in [0.15, 0.2) is 0 Å². The topological polar surface area (TPSA) is 50.4 Å². The van der Waals surface area contributed by atoms with E-state index in [-0.39, 0.29) is 11.8 Å². The van der Waals surface area contributed by atoms with E-state index >= 15 is 0 Å². The fourth-order valence-corrected chi connectivity index (χ4v) is 2.54. The maximum absolute atomic E-state index is 11.7. The second-order valence-electron chi connectivity index (χ2n) is 4.97. The molecule has 1 unspecified atom stereocenters. The Morgan fingerprint density at radius 3 is 2.75 bits per heavy atom. The lowest BCUT2D eigenvalue weighted by atomic mass is 9.89. The molecule has 2 aliphatic rings. The van der Waals surface area contributed by atoms with Crippen LogP contribution < -0.4 is 10.8 Å². The zero-order valence-corrected chi connectivity index (χ0v) is 9.84. The van der Waals surface area contributed by atoms with Gasteiger partial charge in [-0.15, -0.1) is 0 Å². The Morgan fingerprint density at radius 2 is 2.06 bits per heavy atom. The second kappa shape index (κ2) is 6.21. The highest BCUT2D eigenvalue weighted by atomic mass is 16.7. The Kier molecular flexibility index (Phi) is 4.60. The Labute approximate surface area is 97.1 Å². The Balaban J connectivity index is 1.59. The molecule has 0 spiro atoms. The Morgan fingerprint density at radius 1 is 1.25 bits per heavy atom. The number of hydrogen-bond acceptors (Lipinski definition) is 3. The van der Waals surface area contributed by atoms with Crippen molar-refractivity contribution in [2.75, 3.05) is 19.7 Å². The van der Waals surface area contributed by atoms with Crippen molar-refractivity contribution in [1.82, 2.24) is 10.8 Å². The number of nitrogens with one attached hydrogen (secondary N) is 2. The highest BCUT2D eigenvalue weighted by Crippen LogP contribution is 2.23. The first kappa shape index (κ1) is 11.9. The molecule has 1 saturated carbocycles. The molecule has 0 bridgehead atoms. The predicted octanol–water partition coefficient (Wildman–Crippen LogP) is 1.22. The normalized spacial score (nSPS) is 26.9. The van der Waals surface area contributed by atoms with E-state index in [0.717, 1.165) is 32.4 Å². The van der Waals surface area contributed by atoms with Crippen LogP contribution in [0.2, 0.25) is 0 Å². The molecule has 0 radical (unpaired) electrons. The Bertz CT molecular complexity index is 221. The first-order valence-electron chi connectivity index (χ1n) is 6.48. The first-order valence-corrected chi connectivity index (χ1v) is 6.48. The summed E-state index contributed by atoms with van der Waals surface area (Å²) in [6.07, 6.45) is 6.85. The van der Waals surface area contributed by atoms with Crippen molar-refractivity contribution >= 4 is 5.91 Å². The predicted molar refractivity (Wildman–Crippen MR) is 61.6 cm³/mol. The van der Waals surface area contributed by atoms with E-state index in [1.807, 2.05) is 0 Å². The minimum atomic E-state index is 0.0886. The summed E-state index contributed by atoms with van der Waals surface area (Å²) < 4.78 is 0. The zero-order valence-electron chi connectivity index (χ0n) is 9.84. The summed E-state index contributed by atoms with van der Waals surface area (Å²) in [5, 5.41) is 3.28. The minimum Gasteiger partial charge on any atom is -0.316 e. The van der Waals surface area contributed by atoms with Gasteiger partial charge in [-0.3, -0.25) is 9.63 Å². The quantitative estimate of drug-likeness (QED) is 0.709. The van der Waals surface area contributed by atoms with Gasteiger partial charge in [-0.1, -0.05) is 19.3 Å². The maximum Gasteiger partial charge on any atom is 0.246 e. The van der Waals surface area contributed by atoms with Crippen LogP contribution in [-0.2, 0) is 9.63 Å². The van der Waals surface area contributed by atoms with Crippen molar-refractivity contribution in [2.24, 2.45) is 11.8 Å². The van der Waals surface area contributed by atoms with Gasteiger partial charge < -0.3 is 5.32 Å². The molecule has 1 aliphatic heterocycles. The number of amides is 1. The SMILES string of the molecule is O=C(NOCC1CCNC1)C1CCCCC1. The average Bonchev–Trinajstić information content (AvgIpc) is 2.83. The van der Waals surface area contributed by atoms with E-state index in [1.54, 1.807) is 0 Å². The van der Waals surface area contributed by atoms with Crippen LogP contribution in [0.3, 0.4) is 0 Å². The van der Waals surface area contributed by atoms with Crippen molar-refractivity contribution in [3.05, 3.63) is 0 Å². The van der Waals surface area contributed by atoms with Gasteiger partial charge in [0.1, 0.15) is 0 Å². The molecule has 1 atom stereocenters. The molecule has 0 aromatic heterocycles. The highest BCUT2D eigenvalue weighted by Gasteiger charge is 2.21. The minimum absolute atomic E-state index is 0.0886. The fraction of sp³-hybridized carbons (Fsp3) is 0.917. The molecule has 2 fully saturated rings. The summed E-state index contributed by atoms with van der Waals surface area (Å²) in [6.45, 7) is 2.73. The molecule has 1 aliphatic carbocycles. The molecule has 2 rings (SSSR count). The van der Waals surface area contributed by atoms with Gasteiger partial charge in [0.2, 0.25) is 5.91 Å². The summed E-state index contributed by atoms with van der Waals surface area (Å²) in [7, 11) is 0. The third-order valence-corrected chi connectivity index (χ3v) is 3.63. The van der Waals surface area contributed by atoms with Gasteiger partial charge in [0.25, 0.3) is 0 Å². The molecule has 1 saturated heterocycles.